The van der Waals surface area contributed by atoms with E-state index in [1.165, 1.54) is 7.11 Å². The molecule has 1 aliphatic heterocycles. The Balaban J connectivity index is 0.00000312. The van der Waals surface area contributed by atoms with Crippen LogP contribution >= 0.6 is 24.2 Å². The van der Waals surface area contributed by atoms with Crippen LogP contribution in [-0.4, -0.2) is 37.8 Å². The number of piperidine rings is 1. The van der Waals surface area contributed by atoms with Crippen molar-refractivity contribution in [2.75, 3.05) is 19.9 Å². The smallest absolute Gasteiger partial charge is 0.307 e. The topological polar surface area (TPSA) is 67.4 Å². The lowest BCUT2D eigenvalue weighted by molar-refractivity contribution is -0.141. The molecule has 140 valence electrons. The van der Waals surface area contributed by atoms with Crippen LogP contribution in [0.2, 0.25) is 0 Å². The van der Waals surface area contributed by atoms with E-state index in [1.54, 1.807) is 11.8 Å². The Morgan fingerprint density at radius 1 is 1.36 bits per heavy atom. The monoisotopic (exact) mass is 386 g/mol. The summed E-state index contributed by atoms with van der Waals surface area (Å²) < 4.78 is 4.79. The molecule has 0 aliphatic carbocycles. The first-order valence-corrected chi connectivity index (χ1v) is 9.50. The fourth-order valence-electron chi connectivity index (χ4n) is 3.00. The zero-order valence-electron chi connectivity index (χ0n) is 14.9. The second-order valence-corrected chi connectivity index (χ2v) is 7.07. The number of nitrogens with one attached hydrogen (secondary N) is 2. The molecule has 7 heteroatoms. The van der Waals surface area contributed by atoms with Crippen LogP contribution in [0.15, 0.2) is 29.2 Å². The molecule has 0 saturated carbocycles. The highest BCUT2D eigenvalue weighted by molar-refractivity contribution is 7.98. The lowest BCUT2D eigenvalue weighted by Crippen LogP contribution is -2.43. The molecule has 1 saturated heterocycles. The van der Waals surface area contributed by atoms with Gasteiger partial charge in [-0.3, -0.25) is 9.59 Å². The van der Waals surface area contributed by atoms with E-state index >= 15 is 0 Å². The molecule has 5 nitrogen and oxygen atoms in total. The van der Waals surface area contributed by atoms with E-state index in [0.717, 1.165) is 29.8 Å². The molecule has 1 aromatic rings. The van der Waals surface area contributed by atoms with Gasteiger partial charge in [0.25, 0.3) is 0 Å². The summed E-state index contributed by atoms with van der Waals surface area (Å²) in [5, 5.41) is 6.40. The second kappa shape index (κ2) is 10.7. The summed E-state index contributed by atoms with van der Waals surface area (Å²) >= 11 is 1.66. The summed E-state index contributed by atoms with van der Waals surface area (Å²) in [4.78, 5) is 25.5. The highest BCUT2D eigenvalue weighted by atomic mass is 35.5. The first-order valence-electron chi connectivity index (χ1n) is 8.28. The summed E-state index contributed by atoms with van der Waals surface area (Å²) in [6.07, 6.45) is 3.80. The molecule has 1 unspecified atom stereocenters. The summed E-state index contributed by atoms with van der Waals surface area (Å²) in [5.74, 6) is -0.314. The highest BCUT2D eigenvalue weighted by Gasteiger charge is 2.27. The van der Waals surface area contributed by atoms with Gasteiger partial charge in [-0.05, 0) is 50.3 Å². The third-order valence-corrected chi connectivity index (χ3v) is 5.17. The molecule has 1 heterocycles. The van der Waals surface area contributed by atoms with E-state index in [9.17, 15) is 9.59 Å². The van der Waals surface area contributed by atoms with E-state index in [1.807, 2.05) is 30.5 Å². The Morgan fingerprint density at radius 3 is 2.60 bits per heavy atom. The first-order chi connectivity index (χ1) is 11.5. The second-order valence-electron chi connectivity index (χ2n) is 6.19. The van der Waals surface area contributed by atoms with Crippen LogP contribution in [0.25, 0.3) is 0 Å². The number of ether oxygens (including phenoxy) is 1. The van der Waals surface area contributed by atoms with Crippen LogP contribution in [0, 0.1) is 5.92 Å². The predicted octanol–water partition coefficient (Wildman–Crippen LogP) is 2.94. The number of halogens is 1. The van der Waals surface area contributed by atoms with E-state index < -0.39 is 0 Å². The SMILES string of the molecule is COC(=O)CC(NC(=O)[C@H]1CCN[C@@H](C)C1)c1ccc(SC)cc1.Cl. The molecule has 1 aliphatic rings. The summed E-state index contributed by atoms with van der Waals surface area (Å²) in [6.45, 7) is 2.94. The van der Waals surface area contributed by atoms with E-state index in [2.05, 4.69) is 17.6 Å². The zero-order valence-corrected chi connectivity index (χ0v) is 16.5. The molecule has 1 aromatic carbocycles. The Labute approximate surface area is 160 Å². The highest BCUT2D eigenvalue weighted by Crippen LogP contribution is 2.24. The normalized spacial score (nSPS) is 20.9. The van der Waals surface area contributed by atoms with E-state index in [4.69, 9.17) is 4.74 Å². The number of methoxy groups -OCH3 is 1. The fraction of sp³-hybridized carbons (Fsp3) is 0.556. The fourth-order valence-corrected chi connectivity index (χ4v) is 3.41. The van der Waals surface area contributed by atoms with E-state index in [-0.39, 0.29) is 42.7 Å². The van der Waals surface area contributed by atoms with Crippen molar-refractivity contribution in [3.05, 3.63) is 29.8 Å². The van der Waals surface area contributed by atoms with Gasteiger partial charge in [0.2, 0.25) is 5.91 Å². The van der Waals surface area contributed by atoms with Gasteiger partial charge in [-0.2, -0.15) is 0 Å². The number of hydrogen-bond donors (Lipinski definition) is 2. The standard InChI is InChI=1S/C18H26N2O3S.ClH/c1-12-10-14(8-9-19-12)18(22)20-16(11-17(21)23-2)13-4-6-15(24-3)7-5-13;/h4-7,12,14,16,19H,8-11H2,1-3H3,(H,20,22);1H/t12-,14-,16?;/m0./s1. The number of carbonyl (C=O) groups excluding carboxylic acids is 2. The molecule has 2 N–H and O–H groups in total. The zero-order chi connectivity index (χ0) is 17.5. The third-order valence-electron chi connectivity index (χ3n) is 4.43. The predicted molar refractivity (Wildman–Crippen MR) is 103 cm³/mol. The van der Waals surface area contributed by atoms with Crippen LogP contribution in [0.4, 0.5) is 0 Å². The Bertz CT molecular complexity index is 568. The van der Waals surface area contributed by atoms with Crippen LogP contribution in [0.3, 0.4) is 0 Å². The van der Waals surface area contributed by atoms with Gasteiger partial charge in [0, 0.05) is 16.9 Å². The van der Waals surface area contributed by atoms with Gasteiger partial charge in [-0.15, -0.1) is 24.2 Å². The van der Waals surface area contributed by atoms with Gasteiger partial charge < -0.3 is 15.4 Å². The minimum atomic E-state index is -0.356. The van der Waals surface area contributed by atoms with Crippen LogP contribution in [0.5, 0.6) is 0 Å². The maximum atomic E-state index is 12.6. The number of hydrogen-bond acceptors (Lipinski definition) is 5. The third kappa shape index (κ3) is 6.53. The number of esters is 1. The average Bonchev–Trinajstić information content (AvgIpc) is 2.61. The number of thioether (sulfide) groups is 1. The van der Waals surface area contributed by atoms with Gasteiger partial charge in [0.05, 0.1) is 19.6 Å². The van der Waals surface area contributed by atoms with Crippen molar-refractivity contribution in [2.45, 2.75) is 43.2 Å². The van der Waals surface area contributed by atoms with E-state index in [0.29, 0.717) is 6.04 Å². The van der Waals surface area contributed by atoms with Crippen molar-refractivity contribution < 1.29 is 14.3 Å². The molecule has 1 amide bonds. The number of carbonyl (C=O) groups is 2. The Kier molecular flexibility index (Phi) is 9.32. The molecular formula is C18H27ClN2O3S. The molecule has 2 rings (SSSR count). The van der Waals surface area contributed by atoms with Gasteiger partial charge in [-0.25, -0.2) is 0 Å². The summed E-state index contributed by atoms with van der Waals surface area (Å²) in [5.41, 5.74) is 0.925. The molecule has 1 fully saturated rings. The minimum absolute atomic E-state index is 0. The maximum absolute atomic E-state index is 12.6. The van der Waals surface area contributed by atoms with Gasteiger partial charge in [0.1, 0.15) is 0 Å². The van der Waals surface area contributed by atoms with Crippen molar-refractivity contribution in [2.24, 2.45) is 5.92 Å². The minimum Gasteiger partial charge on any atom is -0.469 e. The summed E-state index contributed by atoms with van der Waals surface area (Å²) in [6, 6.07) is 7.92. The molecule has 0 aromatic heterocycles. The molecule has 0 bridgehead atoms. The number of amides is 1. The van der Waals surface area contributed by atoms with Crippen molar-refractivity contribution in [1.29, 1.82) is 0 Å². The van der Waals surface area contributed by atoms with Crippen molar-refractivity contribution >= 4 is 36.0 Å². The van der Waals surface area contributed by atoms with Crippen molar-refractivity contribution in [1.82, 2.24) is 10.6 Å². The summed E-state index contributed by atoms with van der Waals surface area (Å²) in [7, 11) is 1.37. The van der Waals surface area contributed by atoms with Gasteiger partial charge >= 0.3 is 5.97 Å². The van der Waals surface area contributed by atoms with Crippen LogP contribution < -0.4 is 10.6 Å². The van der Waals surface area contributed by atoms with Crippen molar-refractivity contribution in [3.63, 3.8) is 0 Å². The van der Waals surface area contributed by atoms with Crippen molar-refractivity contribution in [3.8, 4) is 0 Å². The maximum Gasteiger partial charge on any atom is 0.307 e. The molecular weight excluding hydrogens is 360 g/mol. The number of benzene rings is 1. The largest absolute Gasteiger partial charge is 0.469 e. The first kappa shape index (κ1) is 21.8. The van der Waals surface area contributed by atoms with Crippen LogP contribution in [-0.2, 0) is 14.3 Å². The number of rotatable bonds is 6. The molecule has 25 heavy (non-hydrogen) atoms. The lowest BCUT2D eigenvalue weighted by Gasteiger charge is -2.29. The molecule has 3 atom stereocenters. The lowest BCUT2D eigenvalue weighted by atomic mass is 9.91. The Hall–Kier alpha value is -1.24. The van der Waals surface area contributed by atoms with Crippen LogP contribution in [0.1, 0.15) is 37.8 Å². The molecule has 0 spiro atoms. The average molecular weight is 387 g/mol. The quantitative estimate of drug-likeness (QED) is 0.581. The molecule has 0 radical (unpaired) electrons. The van der Waals surface area contributed by atoms with Gasteiger partial charge in [0.15, 0.2) is 0 Å². The van der Waals surface area contributed by atoms with Gasteiger partial charge in [-0.1, -0.05) is 12.1 Å². The Morgan fingerprint density at radius 2 is 2.04 bits per heavy atom.